The quantitative estimate of drug-likeness (QED) is 0.676. The van der Waals surface area contributed by atoms with E-state index in [1.807, 2.05) is 45.0 Å². The van der Waals surface area contributed by atoms with E-state index in [1.165, 1.54) is 0 Å². The summed E-state index contributed by atoms with van der Waals surface area (Å²) in [5, 5.41) is 14.0. The topological polar surface area (TPSA) is 91.5 Å². The number of fused-ring (bicyclic) bond motifs is 1. The molecule has 0 atom stereocenters. The van der Waals surface area contributed by atoms with Crippen molar-refractivity contribution in [3.63, 3.8) is 0 Å². The molecule has 1 aliphatic rings. The molecule has 0 radical (unpaired) electrons. The number of thiocarbonyl (C=S) groups is 1. The van der Waals surface area contributed by atoms with Gasteiger partial charge in [-0.05, 0) is 51.5 Å². The monoisotopic (exact) mass is 403 g/mol. The molecule has 1 aliphatic heterocycles. The molecule has 0 aliphatic carbocycles. The predicted molar refractivity (Wildman–Crippen MR) is 112 cm³/mol. The summed E-state index contributed by atoms with van der Waals surface area (Å²) >= 11 is 5.40. The third kappa shape index (κ3) is 4.72. The van der Waals surface area contributed by atoms with Crippen LogP contribution in [0, 0.1) is 0 Å². The maximum atomic E-state index is 12.3. The number of aromatic amines is 1. The molecule has 0 bridgehead atoms. The Labute approximate surface area is 169 Å². The summed E-state index contributed by atoms with van der Waals surface area (Å²) in [6.45, 7) is 6.55. The third-order valence-electron chi connectivity index (χ3n) is 4.17. The number of aromatic nitrogens is 2. The number of carbonyl (C=O) groups excluding carboxylic acids is 1. The van der Waals surface area contributed by atoms with Gasteiger partial charge in [0.25, 0.3) is 0 Å². The van der Waals surface area contributed by atoms with Gasteiger partial charge in [0.1, 0.15) is 11.4 Å². The van der Waals surface area contributed by atoms with Gasteiger partial charge in [-0.15, -0.1) is 0 Å². The number of anilines is 2. The molecule has 9 heteroatoms. The van der Waals surface area contributed by atoms with Crippen LogP contribution in [0.2, 0.25) is 0 Å². The maximum absolute atomic E-state index is 12.3. The molecule has 1 aromatic heterocycles. The Bertz CT molecular complexity index is 875. The number of H-pyrrole nitrogens is 1. The fraction of sp³-hybridized carbons (Fsp3) is 0.421. The molecule has 3 N–H and O–H groups in total. The number of hydrogen-bond acceptors (Lipinski definition) is 5. The van der Waals surface area contributed by atoms with Gasteiger partial charge in [0.2, 0.25) is 0 Å². The van der Waals surface area contributed by atoms with Crippen molar-refractivity contribution in [3.8, 4) is 5.75 Å². The van der Waals surface area contributed by atoms with Crippen molar-refractivity contribution in [3.05, 3.63) is 35.5 Å². The van der Waals surface area contributed by atoms with Crippen molar-refractivity contribution in [2.45, 2.75) is 39.3 Å². The van der Waals surface area contributed by atoms with E-state index in [4.69, 9.17) is 21.7 Å². The van der Waals surface area contributed by atoms with Crippen LogP contribution in [0.5, 0.6) is 5.75 Å². The highest BCUT2D eigenvalue weighted by atomic mass is 32.1. The lowest BCUT2D eigenvalue weighted by atomic mass is 10.1. The van der Waals surface area contributed by atoms with Crippen molar-refractivity contribution in [2.24, 2.45) is 0 Å². The maximum Gasteiger partial charge on any atom is 0.410 e. The largest absolute Gasteiger partial charge is 0.495 e. The average Bonchev–Trinajstić information content (AvgIpc) is 3.02. The zero-order valence-corrected chi connectivity index (χ0v) is 17.3. The van der Waals surface area contributed by atoms with Gasteiger partial charge < -0.3 is 25.0 Å². The molecule has 0 spiro atoms. The lowest BCUT2D eigenvalue weighted by Crippen LogP contribution is -2.40. The SMILES string of the molecule is COc1ccccc1NC(=S)Nc1n[nH]c2c1CCN(C(=O)OC(C)(C)C)C2. The molecule has 28 heavy (non-hydrogen) atoms. The first-order chi connectivity index (χ1) is 13.3. The lowest BCUT2D eigenvalue weighted by Gasteiger charge is -2.29. The number of methoxy groups -OCH3 is 1. The second-order valence-corrected chi connectivity index (χ2v) is 7.87. The highest BCUT2D eigenvalue weighted by Crippen LogP contribution is 2.26. The van der Waals surface area contributed by atoms with E-state index in [9.17, 15) is 4.79 Å². The summed E-state index contributed by atoms with van der Waals surface area (Å²) in [7, 11) is 1.61. The first-order valence-corrected chi connectivity index (χ1v) is 9.42. The molecule has 3 rings (SSSR count). The van der Waals surface area contributed by atoms with E-state index in [1.54, 1.807) is 12.0 Å². The molecule has 2 heterocycles. The lowest BCUT2D eigenvalue weighted by molar-refractivity contribution is 0.0221. The molecule has 150 valence electrons. The van der Waals surface area contributed by atoms with Gasteiger partial charge in [0, 0.05) is 12.1 Å². The van der Waals surface area contributed by atoms with E-state index < -0.39 is 5.60 Å². The van der Waals surface area contributed by atoms with E-state index in [0.717, 1.165) is 16.9 Å². The number of nitrogens with one attached hydrogen (secondary N) is 3. The summed E-state index contributed by atoms with van der Waals surface area (Å²) < 4.78 is 10.8. The van der Waals surface area contributed by atoms with Gasteiger partial charge in [-0.25, -0.2) is 4.79 Å². The number of amides is 1. The van der Waals surface area contributed by atoms with Gasteiger partial charge >= 0.3 is 6.09 Å². The number of nitrogens with zero attached hydrogens (tertiary/aromatic N) is 2. The summed E-state index contributed by atoms with van der Waals surface area (Å²) in [6.07, 6.45) is 0.334. The van der Waals surface area contributed by atoms with Crippen molar-refractivity contribution in [1.82, 2.24) is 15.1 Å². The fourth-order valence-electron chi connectivity index (χ4n) is 2.91. The van der Waals surface area contributed by atoms with Crippen LogP contribution >= 0.6 is 12.2 Å². The van der Waals surface area contributed by atoms with Crippen molar-refractivity contribution in [1.29, 1.82) is 0 Å². The Morgan fingerprint density at radius 1 is 1.29 bits per heavy atom. The second kappa shape index (κ2) is 8.05. The summed E-state index contributed by atoms with van der Waals surface area (Å²) in [5.41, 5.74) is 2.14. The molecule has 0 unspecified atom stereocenters. The van der Waals surface area contributed by atoms with Gasteiger partial charge in [-0.3, -0.25) is 5.10 Å². The minimum Gasteiger partial charge on any atom is -0.495 e. The second-order valence-electron chi connectivity index (χ2n) is 7.46. The number of benzene rings is 1. The van der Waals surface area contributed by atoms with E-state index in [2.05, 4.69) is 20.8 Å². The van der Waals surface area contributed by atoms with Gasteiger partial charge in [-0.2, -0.15) is 5.10 Å². The van der Waals surface area contributed by atoms with Crippen molar-refractivity contribution in [2.75, 3.05) is 24.3 Å². The van der Waals surface area contributed by atoms with Gasteiger partial charge in [0.15, 0.2) is 10.9 Å². The first-order valence-electron chi connectivity index (χ1n) is 9.02. The van der Waals surface area contributed by atoms with Crippen LogP contribution in [0.3, 0.4) is 0 Å². The van der Waals surface area contributed by atoms with Crippen molar-refractivity contribution >= 4 is 34.9 Å². The Morgan fingerprint density at radius 3 is 2.75 bits per heavy atom. The highest BCUT2D eigenvalue weighted by molar-refractivity contribution is 7.80. The smallest absolute Gasteiger partial charge is 0.410 e. The molecular weight excluding hydrogens is 378 g/mol. The molecule has 1 amide bonds. The number of carbonyl (C=O) groups is 1. The van der Waals surface area contributed by atoms with Crippen LogP contribution in [-0.2, 0) is 17.7 Å². The summed E-state index contributed by atoms with van der Waals surface area (Å²) in [4.78, 5) is 14.0. The number of para-hydroxylation sites is 2. The third-order valence-corrected chi connectivity index (χ3v) is 4.38. The van der Waals surface area contributed by atoms with E-state index >= 15 is 0 Å². The Balaban J connectivity index is 1.64. The van der Waals surface area contributed by atoms with Crippen LogP contribution in [0.1, 0.15) is 32.0 Å². The Morgan fingerprint density at radius 2 is 2.04 bits per heavy atom. The van der Waals surface area contributed by atoms with Crippen LogP contribution in [0.15, 0.2) is 24.3 Å². The van der Waals surface area contributed by atoms with Crippen LogP contribution in [0.25, 0.3) is 0 Å². The van der Waals surface area contributed by atoms with Gasteiger partial charge in [0.05, 0.1) is 25.0 Å². The zero-order chi connectivity index (χ0) is 20.3. The molecule has 0 saturated carbocycles. The van der Waals surface area contributed by atoms with Gasteiger partial charge in [-0.1, -0.05) is 12.1 Å². The predicted octanol–water partition coefficient (Wildman–Crippen LogP) is 3.52. The normalized spacial score (nSPS) is 13.5. The minimum absolute atomic E-state index is 0.324. The standard InChI is InChI=1S/C19H25N5O3S/c1-19(2,3)27-18(25)24-10-9-12-14(11-24)22-23-16(12)21-17(28)20-13-7-5-6-8-15(13)26-4/h5-8H,9-11H2,1-4H3,(H3,20,21,22,23,28). The number of ether oxygens (including phenoxy) is 2. The van der Waals surface area contributed by atoms with E-state index in [0.29, 0.717) is 36.2 Å². The molecule has 1 aromatic carbocycles. The van der Waals surface area contributed by atoms with Crippen LogP contribution in [0.4, 0.5) is 16.3 Å². The molecule has 0 saturated heterocycles. The fourth-order valence-corrected chi connectivity index (χ4v) is 3.12. The molecule has 8 nitrogen and oxygen atoms in total. The van der Waals surface area contributed by atoms with E-state index in [-0.39, 0.29) is 6.09 Å². The first kappa shape index (κ1) is 19.9. The zero-order valence-electron chi connectivity index (χ0n) is 16.5. The van der Waals surface area contributed by atoms with Crippen molar-refractivity contribution < 1.29 is 14.3 Å². The average molecular weight is 404 g/mol. The Kier molecular flexibility index (Phi) is 5.73. The molecule has 2 aromatic rings. The number of rotatable bonds is 3. The summed E-state index contributed by atoms with van der Waals surface area (Å²) in [5.74, 6) is 1.36. The molecule has 0 fully saturated rings. The van der Waals surface area contributed by atoms with Crippen LogP contribution < -0.4 is 15.4 Å². The summed E-state index contributed by atoms with van der Waals surface area (Å²) in [6, 6.07) is 7.52. The Hall–Kier alpha value is -2.81. The van der Waals surface area contributed by atoms with Crippen LogP contribution in [-0.4, -0.2) is 45.6 Å². The minimum atomic E-state index is -0.519. The number of hydrogen-bond donors (Lipinski definition) is 3. The molecular formula is C19H25N5O3S. The highest BCUT2D eigenvalue weighted by Gasteiger charge is 2.28.